The summed E-state index contributed by atoms with van der Waals surface area (Å²) in [5, 5.41) is 82.8. The molecule has 47 heteroatoms. The van der Waals surface area contributed by atoms with Crippen LogP contribution in [0.15, 0.2) is 65.7 Å². The number of benzene rings is 2. The number of methoxy groups -OCH3 is 2. The molecule has 45 nitrogen and oxygen atoms in total. The van der Waals surface area contributed by atoms with Gasteiger partial charge in [0.2, 0.25) is 53.2 Å². The molecule has 23 atom stereocenters. The number of nitrogens with two attached hydrogens (primary N) is 2. The largest absolute Gasteiger partial charge is 0.483 e. The third-order valence-corrected chi connectivity index (χ3v) is 24.8. The monoisotopic (exact) mass is 1810 g/mol. The van der Waals surface area contributed by atoms with Crippen molar-refractivity contribution < 1.29 is 135 Å². The number of nitrogen functional groups attached to an aromatic ring is 1. The Labute approximate surface area is 721 Å². The second-order valence-electron chi connectivity index (χ2n) is 32.4. The fourth-order valence-electron chi connectivity index (χ4n) is 15.1. The lowest BCUT2D eigenvalue weighted by Gasteiger charge is -2.41. The molecular weight excluding hydrogens is 1690 g/mol. The van der Waals surface area contributed by atoms with Gasteiger partial charge in [0.1, 0.15) is 73.5 Å². The van der Waals surface area contributed by atoms with Gasteiger partial charge in [0.05, 0.1) is 61.7 Å². The van der Waals surface area contributed by atoms with E-state index in [-0.39, 0.29) is 72.9 Å². The first-order chi connectivity index (χ1) is 58.7. The quantitative estimate of drug-likeness (QED) is 0.0203. The van der Waals surface area contributed by atoms with Gasteiger partial charge in [-0.15, -0.1) is 0 Å². The zero-order valence-corrected chi connectivity index (χ0v) is 74.0. The molecule has 7 unspecified atom stereocenters. The van der Waals surface area contributed by atoms with Crippen molar-refractivity contribution in [3.63, 3.8) is 0 Å². The number of likely N-dealkylation sites (tertiary alicyclic amines) is 1. The zero-order valence-electron chi connectivity index (χ0n) is 72.2. The van der Waals surface area contributed by atoms with Gasteiger partial charge < -0.3 is 123 Å². The first-order valence-electron chi connectivity index (χ1n) is 41.0. The molecule has 0 saturated carbocycles. The number of aromatic nitrogens is 4. The third kappa shape index (κ3) is 27.9. The van der Waals surface area contributed by atoms with Gasteiger partial charge in [-0.05, 0) is 79.5 Å². The van der Waals surface area contributed by atoms with E-state index >= 15 is 0 Å². The van der Waals surface area contributed by atoms with Crippen LogP contribution in [0, 0.1) is 29.6 Å². The van der Waals surface area contributed by atoms with Crippen LogP contribution in [-0.4, -0.2) is 292 Å². The van der Waals surface area contributed by atoms with Gasteiger partial charge >= 0.3 is 27.8 Å². The SMILES string of the molecule is CC[C@H](C)[C@@H]([C@@H](CC(=O)N1CCC[C@H]1[C@H](OC)[C@@H](C)C(=O)N[C@H](C)[C@@H](O)c1ccccc1)OC)N(C)C(=O)[C@@H](NC(=O)[C@H](C(C)C)N(C)C(=O)OCc1ccc(NC(=O)[C@H](CCCNC(N)=O)NC(=O)[C@@H](NC(=O)CCC(=O)NCC2O[C@H](OP(=O)(O)OP(=O)(O)OC[C@H]3O[C@@H](n4cnc5c(=O)[nH]c(N)nc54)C(O)C3O)C(O)C(O)[C@@H]2O)C(C)C)cc1)C(C)C. The molecule has 3 aliphatic heterocycles. The fraction of sp³-hybridized carbons (Fsp3) is 0.654. The number of aliphatic hydroxyl groups excluding tert-OH is 6. The minimum atomic E-state index is -5.90. The highest BCUT2D eigenvalue weighted by Gasteiger charge is 2.51. The highest BCUT2D eigenvalue weighted by atomic mass is 31.3. The number of fused-ring (bicyclic) bond motifs is 1. The molecule has 4 aromatic rings. The summed E-state index contributed by atoms with van der Waals surface area (Å²) >= 11 is 0. The number of likely N-dealkylation sites (N-methyl/N-ethyl adjacent to an activating group) is 2. The summed E-state index contributed by atoms with van der Waals surface area (Å²) in [6.07, 6.45) is -19.5. The van der Waals surface area contributed by atoms with Crippen LogP contribution >= 0.6 is 15.6 Å². The van der Waals surface area contributed by atoms with Crippen molar-refractivity contribution in [3.05, 3.63) is 82.4 Å². The van der Waals surface area contributed by atoms with Gasteiger partial charge in [-0.1, -0.05) is 111 Å². The lowest BCUT2D eigenvalue weighted by Crippen LogP contribution is -2.60. The van der Waals surface area contributed by atoms with Crippen molar-refractivity contribution in [2.75, 3.05) is 65.6 Å². The van der Waals surface area contributed by atoms with Crippen LogP contribution in [0.25, 0.3) is 11.2 Å². The number of rotatable bonds is 45. The van der Waals surface area contributed by atoms with Crippen molar-refractivity contribution in [2.24, 2.45) is 35.3 Å². The molecule has 2 aromatic carbocycles. The molecule has 5 heterocycles. The predicted octanol–water partition coefficient (Wildman–Crippen LogP) is -0.119. The van der Waals surface area contributed by atoms with E-state index in [1.807, 2.05) is 19.9 Å². The van der Waals surface area contributed by atoms with Crippen molar-refractivity contribution in [2.45, 2.75) is 243 Å². The van der Waals surface area contributed by atoms with Gasteiger partial charge in [0, 0.05) is 66.5 Å². The summed E-state index contributed by atoms with van der Waals surface area (Å²) in [6, 6.07) is 7.46. The highest BCUT2D eigenvalue weighted by Crippen LogP contribution is 2.61. The Hall–Kier alpha value is -9.25. The van der Waals surface area contributed by atoms with Crippen LogP contribution < -0.4 is 54.2 Å². The van der Waals surface area contributed by atoms with E-state index < -0.39 is 234 Å². The number of primary amides is 1. The molecule has 0 spiro atoms. The molecule has 3 aliphatic rings. The number of urea groups is 1. The average Bonchev–Trinajstić information content (AvgIpc) is 1.66. The van der Waals surface area contributed by atoms with E-state index in [2.05, 4.69) is 56.5 Å². The smallest absolute Gasteiger partial charge is 0.445 e. The first kappa shape index (κ1) is 103. The van der Waals surface area contributed by atoms with Crippen molar-refractivity contribution in [3.8, 4) is 0 Å². The summed E-state index contributed by atoms with van der Waals surface area (Å²) in [7, 11) is -5.69. The topological polar surface area (TPSA) is 650 Å². The minimum absolute atomic E-state index is 0.0113. The molecule has 2 aromatic heterocycles. The number of nitrogens with one attached hydrogen (secondary N) is 8. The first-order valence-corrected chi connectivity index (χ1v) is 44.0. The van der Waals surface area contributed by atoms with Crippen LogP contribution in [0.5, 0.6) is 0 Å². The Morgan fingerprint density at radius 3 is 1.99 bits per heavy atom. The number of phosphoric acid groups is 2. The van der Waals surface area contributed by atoms with Gasteiger partial charge in [-0.2, -0.15) is 9.29 Å². The Morgan fingerprint density at radius 2 is 1.38 bits per heavy atom. The molecule has 0 radical (unpaired) electrons. The molecular formula is C78H122N16O29P2. The maximum atomic E-state index is 14.9. The van der Waals surface area contributed by atoms with Crippen LogP contribution in [0.3, 0.4) is 0 Å². The van der Waals surface area contributed by atoms with Crippen LogP contribution in [0.4, 0.5) is 21.2 Å². The number of hydrogen-bond acceptors (Lipinski definition) is 30. The number of aliphatic hydroxyl groups is 6. The maximum absolute atomic E-state index is 14.9. The van der Waals surface area contributed by atoms with E-state index in [1.54, 1.807) is 91.6 Å². The number of carbonyl (C=O) groups excluding carboxylic acids is 10. The fourth-order valence-corrected chi connectivity index (χ4v) is 17.2. The third-order valence-electron chi connectivity index (χ3n) is 22.2. The van der Waals surface area contributed by atoms with E-state index in [0.717, 1.165) is 15.8 Å². The van der Waals surface area contributed by atoms with Crippen molar-refractivity contribution >= 4 is 97.8 Å². The average molecular weight is 1810 g/mol. The standard InChI is InChI=1S/C78H122N16O29P2/c1-15-41(8)59(49(116-13)33-54(97)93-32-20-24-48(93)66(117-14)42(9)68(104)84-43(10)60(98)45-21-17-16-18-22-45)91(11)73(109)56(39(4)5)88-72(108)58(40(6)7)92(12)78(111)118-35-44-25-27-46(28-26-44)85-69(105)47(23-19-31-81-77(80)110)86-70(106)55(38(2)3)87-53(96)30-29-52(95)82-34-50-61(99)63(101)65(103)75(121-50)122-125(114,115)123-124(112,113)119-36-51-62(100)64(102)74(120-51)94-37-83-57-67(94)89-76(79)90-71(57)107/h16-18,21-22,25-28,37-43,47-51,55-56,58-66,74-75,98-103H,15,19-20,23-24,29-36H2,1-14H3,(H,82,95)(H,84,104)(H,85,105)(H,86,106)(H,87,96)(H,88,108)(H,112,113)(H,114,115)(H3,80,81,110)(H3,79,89,90,107)/t41-,42+,43+,47-,48-,49+,50?,51+,55-,56-,58-,59-,60+,61+,62?,63?,64?,65?,66+,74+,75+/m0/s1. The normalized spacial score (nSPS) is 23.3. The second-order valence-corrected chi connectivity index (χ2v) is 35.4. The van der Waals surface area contributed by atoms with Crippen molar-refractivity contribution in [1.82, 2.24) is 66.1 Å². The zero-order chi connectivity index (χ0) is 93.0. The summed E-state index contributed by atoms with van der Waals surface area (Å²) in [5.41, 5.74) is 11.0. The Balaban J connectivity index is 0.882. The number of imidazole rings is 1. The van der Waals surface area contributed by atoms with Gasteiger partial charge in [0.25, 0.3) is 5.56 Å². The van der Waals surface area contributed by atoms with Gasteiger partial charge in [-0.25, -0.2) is 23.7 Å². The van der Waals surface area contributed by atoms with E-state index in [1.165, 1.54) is 50.4 Å². The number of H-pyrrole nitrogens is 1. The molecule has 11 amide bonds. The Kier molecular flexibility index (Phi) is 38.2. The number of nitrogens with zero attached hydrogens (tertiary/aromatic N) is 6. The molecule has 7 rings (SSSR count). The maximum Gasteiger partial charge on any atom is 0.483 e. The molecule has 698 valence electrons. The van der Waals surface area contributed by atoms with E-state index in [9.17, 15) is 102 Å². The van der Waals surface area contributed by atoms with Crippen molar-refractivity contribution in [1.29, 1.82) is 0 Å². The van der Waals surface area contributed by atoms with Crippen LogP contribution in [0.1, 0.15) is 144 Å². The summed E-state index contributed by atoms with van der Waals surface area (Å²) < 4.78 is 69.5. The van der Waals surface area contributed by atoms with Gasteiger partial charge in [-0.3, -0.25) is 66.6 Å². The molecule has 125 heavy (non-hydrogen) atoms. The molecule has 0 bridgehead atoms. The van der Waals surface area contributed by atoms with Gasteiger partial charge in [0.15, 0.2) is 23.7 Å². The van der Waals surface area contributed by atoms with Crippen LogP contribution in [-0.2, 0) is 91.1 Å². The number of carbonyl (C=O) groups is 10. The number of anilines is 2. The summed E-state index contributed by atoms with van der Waals surface area (Å²) in [6.45, 7) is 15.7. The number of phosphoric ester groups is 2. The molecule has 20 N–H and O–H groups in total. The highest BCUT2D eigenvalue weighted by molar-refractivity contribution is 7.61. The van der Waals surface area contributed by atoms with E-state index in [4.69, 9.17) is 44.2 Å². The minimum Gasteiger partial charge on any atom is -0.445 e. The molecule has 3 fully saturated rings. The second kappa shape index (κ2) is 46.5. The number of amides is 11. The molecule has 0 aliphatic carbocycles. The number of ether oxygens (including phenoxy) is 5. The predicted molar refractivity (Wildman–Crippen MR) is 444 cm³/mol. The lowest BCUT2D eigenvalue weighted by atomic mass is 9.89. The molecule has 3 saturated heterocycles. The van der Waals surface area contributed by atoms with E-state index in [0.29, 0.717) is 36.9 Å². The Morgan fingerprint density at radius 1 is 0.728 bits per heavy atom. The summed E-state index contributed by atoms with van der Waals surface area (Å²) in [5.74, 6) is -7.96. The number of aromatic amines is 1. The number of hydrogen-bond donors (Lipinski definition) is 18. The van der Waals surface area contributed by atoms with Crippen LogP contribution in [0.2, 0.25) is 0 Å². The summed E-state index contributed by atoms with van der Waals surface area (Å²) in [4.78, 5) is 185. The Bertz CT molecular complexity index is 4480. The lowest BCUT2D eigenvalue weighted by molar-refractivity contribution is -0.273.